The third kappa shape index (κ3) is 8.74. The number of rotatable bonds is 8. The van der Waals surface area contributed by atoms with Crippen LogP contribution in [-0.2, 0) is 0 Å². The molecule has 0 aliphatic heterocycles. The Morgan fingerprint density at radius 3 is 1.50 bits per heavy atom. The van der Waals surface area contributed by atoms with E-state index in [-0.39, 0.29) is 0 Å². The van der Waals surface area contributed by atoms with Gasteiger partial charge in [0.25, 0.3) is 0 Å². The highest BCUT2D eigenvalue weighted by atomic mass is 32.1. The summed E-state index contributed by atoms with van der Waals surface area (Å²) in [7, 11) is 8.29. The van der Waals surface area contributed by atoms with Crippen LogP contribution in [0.4, 0.5) is 0 Å². The minimum atomic E-state index is 0.333. The molecule has 0 fully saturated rings. The molecule has 0 atom stereocenters. The van der Waals surface area contributed by atoms with Crippen LogP contribution in [0.5, 0.6) is 0 Å². The lowest BCUT2D eigenvalue weighted by Crippen LogP contribution is -2.40. The first-order valence-electron chi connectivity index (χ1n) is 6.22. The molecule has 4 nitrogen and oxygen atoms in total. The largest absolute Gasteiger partial charge is 0.388 e. The normalized spacial score (nSPS) is 11.0. The molecular formula is C12H26N4S2. The summed E-state index contributed by atoms with van der Waals surface area (Å²) in [6.45, 7) is 3.93. The van der Waals surface area contributed by atoms with Crippen molar-refractivity contribution in [1.29, 1.82) is 0 Å². The molecule has 0 saturated heterocycles. The zero-order valence-corrected chi connectivity index (χ0v) is 13.6. The minimum absolute atomic E-state index is 0.333. The summed E-state index contributed by atoms with van der Waals surface area (Å²) in [5.74, 6) is 0. The molecule has 0 aliphatic rings. The molecule has 0 bridgehead atoms. The molecule has 0 aromatic rings. The Morgan fingerprint density at radius 1 is 0.833 bits per heavy atom. The molecule has 0 heterocycles. The molecule has 0 aromatic heterocycles. The second kappa shape index (κ2) is 9.61. The summed E-state index contributed by atoms with van der Waals surface area (Å²) in [5, 5.41) is 0. The summed E-state index contributed by atoms with van der Waals surface area (Å²) in [6.07, 6.45) is 2.13. The van der Waals surface area contributed by atoms with Gasteiger partial charge in [0.1, 0.15) is 9.98 Å². The van der Waals surface area contributed by atoms with E-state index in [1.54, 1.807) is 0 Å². The molecule has 0 aromatic carbocycles. The maximum absolute atomic E-state index is 5.63. The summed E-state index contributed by atoms with van der Waals surface area (Å²) < 4.78 is 0. The molecule has 2 N–H and O–H groups in total. The third-order valence-electron chi connectivity index (χ3n) is 2.56. The van der Waals surface area contributed by atoms with Gasteiger partial charge in [-0.05, 0) is 54.1 Å². The topological polar surface area (TPSA) is 35.7 Å². The average molecular weight is 291 g/mol. The lowest BCUT2D eigenvalue weighted by molar-refractivity contribution is 0.327. The van der Waals surface area contributed by atoms with E-state index in [1.807, 2.05) is 0 Å². The van der Waals surface area contributed by atoms with Crippen molar-refractivity contribution in [2.45, 2.75) is 12.8 Å². The van der Waals surface area contributed by atoms with Crippen molar-refractivity contribution in [2.24, 2.45) is 5.73 Å². The predicted octanol–water partition coefficient (Wildman–Crippen LogP) is 0.805. The van der Waals surface area contributed by atoms with E-state index in [4.69, 9.17) is 30.2 Å². The van der Waals surface area contributed by atoms with E-state index in [0.717, 1.165) is 39.0 Å². The van der Waals surface area contributed by atoms with Gasteiger partial charge in [-0.2, -0.15) is 0 Å². The highest BCUT2D eigenvalue weighted by Gasteiger charge is 2.11. The monoisotopic (exact) mass is 290 g/mol. The van der Waals surface area contributed by atoms with Crippen LogP contribution in [-0.4, -0.2) is 79.0 Å². The summed E-state index contributed by atoms with van der Waals surface area (Å²) in [6, 6.07) is 0. The highest BCUT2D eigenvalue weighted by Crippen LogP contribution is 2.00. The van der Waals surface area contributed by atoms with Crippen molar-refractivity contribution in [3.63, 3.8) is 0 Å². The van der Waals surface area contributed by atoms with Gasteiger partial charge in [0, 0.05) is 13.1 Å². The Hall–Kier alpha value is -0.300. The van der Waals surface area contributed by atoms with Crippen molar-refractivity contribution < 1.29 is 0 Å². The number of thiocarbonyl (C=S) groups is 2. The molecule has 0 radical (unpaired) electrons. The van der Waals surface area contributed by atoms with Gasteiger partial charge in [0.15, 0.2) is 0 Å². The van der Waals surface area contributed by atoms with Crippen LogP contribution >= 0.6 is 24.4 Å². The molecule has 18 heavy (non-hydrogen) atoms. The number of nitrogens with two attached hydrogens (primary N) is 1. The zero-order valence-electron chi connectivity index (χ0n) is 12.0. The molecule has 106 valence electrons. The van der Waals surface area contributed by atoms with E-state index < -0.39 is 0 Å². The maximum Gasteiger partial charge on any atom is 0.136 e. The van der Waals surface area contributed by atoms with Crippen molar-refractivity contribution in [3.05, 3.63) is 0 Å². The van der Waals surface area contributed by atoms with Crippen LogP contribution in [0.25, 0.3) is 0 Å². The molecule has 0 rings (SSSR count). The van der Waals surface area contributed by atoms with Gasteiger partial charge in [0.05, 0.1) is 0 Å². The fraction of sp³-hybridized carbons (Fsp3) is 0.833. The van der Waals surface area contributed by atoms with Crippen molar-refractivity contribution in [1.82, 2.24) is 14.7 Å². The quantitative estimate of drug-likeness (QED) is 0.667. The fourth-order valence-corrected chi connectivity index (χ4v) is 1.94. The van der Waals surface area contributed by atoms with E-state index in [2.05, 4.69) is 42.9 Å². The summed E-state index contributed by atoms with van der Waals surface area (Å²) in [4.78, 5) is 7.43. The van der Waals surface area contributed by atoms with Gasteiger partial charge in [-0.1, -0.05) is 24.4 Å². The maximum atomic E-state index is 5.63. The average Bonchev–Trinajstić information content (AvgIpc) is 2.25. The second-order valence-corrected chi connectivity index (χ2v) is 5.80. The molecule has 0 amide bonds. The van der Waals surface area contributed by atoms with Crippen LogP contribution in [0.1, 0.15) is 12.8 Å². The van der Waals surface area contributed by atoms with E-state index in [9.17, 15) is 0 Å². The summed E-state index contributed by atoms with van der Waals surface area (Å²) in [5.41, 5.74) is 5.63. The molecule has 0 unspecified atom stereocenters. The predicted molar refractivity (Wildman–Crippen MR) is 87.3 cm³/mol. The Labute approximate surface area is 122 Å². The smallest absolute Gasteiger partial charge is 0.136 e. The first kappa shape index (κ1) is 17.7. The number of hydrogen-bond acceptors (Lipinski definition) is 4. The fourth-order valence-electron chi connectivity index (χ4n) is 1.63. The lowest BCUT2D eigenvalue weighted by atomic mass is 10.3. The van der Waals surface area contributed by atoms with Crippen LogP contribution in [0.2, 0.25) is 0 Å². The molecule has 0 spiro atoms. The van der Waals surface area contributed by atoms with E-state index >= 15 is 0 Å². The van der Waals surface area contributed by atoms with Crippen LogP contribution in [0.3, 0.4) is 0 Å². The third-order valence-corrected chi connectivity index (χ3v) is 3.37. The van der Waals surface area contributed by atoms with Gasteiger partial charge in [-0.15, -0.1) is 0 Å². The molecule has 6 heteroatoms. The minimum Gasteiger partial charge on any atom is -0.388 e. The Morgan fingerprint density at radius 2 is 1.22 bits per heavy atom. The van der Waals surface area contributed by atoms with Crippen molar-refractivity contribution in [2.75, 3.05) is 54.4 Å². The molecule has 0 saturated carbocycles. The number of nitrogens with zero attached hydrogens (tertiary/aromatic N) is 3. The van der Waals surface area contributed by atoms with Gasteiger partial charge in [0.2, 0.25) is 0 Å². The first-order valence-corrected chi connectivity index (χ1v) is 7.04. The lowest BCUT2D eigenvalue weighted by Gasteiger charge is -2.26. The van der Waals surface area contributed by atoms with Gasteiger partial charge >= 0.3 is 0 Å². The zero-order chi connectivity index (χ0) is 14.1. The van der Waals surface area contributed by atoms with Crippen LogP contribution in [0, 0.1) is 0 Å². The molecule has 0 aliphatic carbocycles. The first-order chi connectivity index (χ1) is 8.34. The van der Waals surface area contributed by atoms with Gasteiger partial charge in [-0.25, -0.2) is 0 Å². The highest BCUT2D eigenvalue weighted by molar-refractivity contribution is 7.89. The second-order valence-electron chi connectivity index (χ2n) is 4.97. The Bertz CT molecular complexity index is 253. The van der Waals surface area contributed by atoms with Crippen molar-refractivity contribution in [3.8, 4) is 0 Å². The van der Waals surface area contributed by atoms with Crippen molar-refractivity contribution >= 4 is 34.4 Å². The Balaban J connectivity index is 4.16. The van der Waals surface area contributed by atoms with Crippen LogP contribution in [0.15, 0.2) is 0 Å². The van der Waals surface area contributed by atoms with Gasteiger partial charge < -0.3 is 20.4 Å². The standard InChI is InChI=1S/C12H26N4S2/c1-14(2)7-5-9-16(12(18)11(13)17)10-6-8-15(3)4/h5-10H2,1-4H3,(H2,13,17). The van der Waals surface area contributed by atoms with E-state index in [0.29, 0.717) is 9.98 Å². The van der Waals surface area contributed by atoms with Crippen LogP contribution < -0.4 is 5.73 Å². The number of hydrogen-bond donors (Lipinski definition) is 1. The SMILES string of the molecule is CN(C)CCCN(CCCN(C)C)C(=S)C(N)=S. The summed E-state index contributed by atoms with van der Waals surface area (Å²) >= 11 is 10.3. The van der Waals surface area contributed by atoms with Gasteiger partial charge in [-0.3, -0.25) is 0 Å². The van der Waals surface area contributed by atoms with E-state index in [1.165, 1.54) is 0 Å². The molecular weight excluding hydrogens is 264 g/mol. The Kier molecular flexibility index (Phi) is 9.45.